The molecule has 1 aromatic heterocycles. The molecule has 122 valence electrons. The molecular weight excluding hydrogens is 340 g/mol. The number of hydrogen-bond donors (Lipinski definition) is 1. The molecule has 24 heavy (non-hydrogen) atoms. The number of carbonyl (C=O) groups is 1. The lowest BCUT2D eigenvalue weighted by atomic mass is 10.2. The molecule has 3 rings (SSSR count). The fraction of sp³-hybridized carbons (Fsp3) is 0.0625. The molecule has 1 heterocycles. The van der Waals surface area contributed by atoms with Crippen LogP contribution < -0.4 is 5.32 Å². The zero-order chi connectivity index (χ0) is 17.1. The summed E-state index contributed by atoms with van der Waals surface area (Å²) >= 11 is 5.80. The average molecular weight is 350 g/mol. The van der Waals surface area contributed by atoms with Gasteiger partial charge in [0, 0.05) is 16.7 Å². The van der Waals surface area contributed by atoms with Gasteiger partial charge in [-0.3, -0.25) is 4.79 Å². The number of hydrogen-bond acceptors (Lipinski definition) is 4. The second-order valence-electron chi connectivity index (χ2n) is 4.81. The molecule has 0 atom stereocenters. The minimum absolute atomic E-state index is 0.0871. The molecule has 0 aliphatic heterocycles. The fourth-order valence-electron chi connectivity index (χ4n) is 1.96. The first-order chi connectivity index (χ1) is 11.5. The Bertz CT molecular complexity index is 881. The van der Waals surface area contributed by atoms with Gasteiger partial charge in [-0.15, -0.1) is 10.2 Å². The molecule has 8 heteroatoms. The number of amides is 1. The molecule has 0 aliphatic carbocycles. The lowest BCUT2D eigenvalue weighted by Gasteiger charge is -2.03. The summed E-state index contributed by atoms with van der Waals surface area (Å²) in [6.07, 6.45) is 0. The summed E-state index contributed by atoms with van der Waals surface area (Å²) in [7, 11) is 0. The standard InChI is InChI=1S/C16H10ClF2N3O2/c17-10-3-1-9(2-4-10)16-22-21-14(24-16)8-20-15(23)12-6-5-11(18)7-13(12)19/h1-7H,8H2,(H,20,23). The molecule has 3 aromatic rings. The first-order valence-corrected chi connectivity index (χ1v) is 7.22. The van der Waals surface area contributed by atoms with E-state index in [1.54, 1.807) is 24.3 Å². The van der Waals surface area contributed by atoms with Gasteiger partial charge in [-0.25, -0.2) is 8.78 Å². The maximum atomic E-state index is 13.5. The largest absolute Gasteiger partial charge is 0.419 e. The number of benzene rings is 2. The van der Waals surface area contributed by atoms with Crippen molar-refractivity contribution in [1.29, 1.82) is 0 Å². The van der Waals surface area contributed by atoms with E-state index in [4.69, 9.17) is 16.0 Å². The Morgan fingerprint density at radius 2 is 1.88 bits per heavy atom. The number of halogens is 3. The van der Waals surface area contributed by atoms with Crippen molar-refractivity contribution in [3.05, 3.63) is 70.6 Å². The quantitative estimate of drug-likeness (QED) is 0.781. The Labute approximate surface area is 140 Å². The van der Waals surface area contributed by atoms with Crippen molar-refractivity contribution in [2.24, 2.45) is 0 Å². The van der Waals surface area contributed by atoms with Crippen molar-refractivity contribution < 1.29 is 18.0 Å². The van der Waals surface area contributed by atoms with Crippen LogP contribution in [0, 0.1) is 11.6 Å². The Morgan fingerprint density at radius 1 is 1.12 bits per heavy atom. The van der Waals surface area contributed by atoms with E-state index in [0.717, 1.165) is 12.1 Å². The summed E-state index contributed by atoms with van der Waals surface area (Å²) in [4.78, 5) is 11.9. The zero-order valence-electron chi connectivity index (χ0n) is 12.1. The Balaban J connectivity index is 1.67. The van der Waals surface area contributed by atoms with E-state index < -0.39 is 17.5 Å². The lowest BCUT2D eigenvalue weighted by molar-refractivity contribution is 0.0943. The fourth-order valence-corrected chi connectivity index (χ4v) is 2.08. The molecule has 0 aliphatic rings. The number of aromatic nitrogens is 2. The van der Waals surface area contributed by atoms with Gasteiger partial charge in [0.2, 0.25) is 11.8 Å². The monoisotopic (exact) mass is 349 g/mol. The molecule has 0 saturated carbocycles. The molecule has 5 nitrogen and oxygen atoms in total. The predicted octanol–water partition coefficient (Wildman–Crippen LogP) is 3.60. The van der Waals surface area contributed by atoms with Crippen LogP contribution in [-0.4, -0.2) is 16.1 Å². The zero-order valence-corrected chi connectivity index (χ0v) is 12.8. The SMILES string of the molecule is O=C(NCc1nnc(-c2ccc(Cl)cc2)o1)c1ccc(F)cc1F. The first kappa shape index (κ1) is 16.1. The topological polar surface area (TPSA) is 68.0 Å². The van der Waals surface area contributed by atoms with Crippen LogP contribution in [-0.2, 0) is 6.54 Å². The number of nitrogens with one attached hydrogen (secondary N) is 1. The van der Waals surface area contributed by atoms with Crippen LogP contribution in [0.25, 0.3) is 11.5 Å². The molecule has 0 bridgehead atoms. The molecule has 0 radical (unpaired) electrons. The maximum Gasteiger partial charge on any atom is 0.254 e. The summed E-state index contributed by atoms with van der Waals surface area (Å²) in [5.41, 5.74) is 0.405. The first-order valence-electron chi connectivity index (χ1n) is 6.84. The number of nitrogens with zero attached hydrogens (tertiary/aromatic N) is 2. The van der Waals surface area contributed by atoms with Crippen LogP contribution in [0.5, 0.6) is 0 Å². The van der Waals surface area contributed by atoms with Gasteiger partial charge in [0.25, 0.3) is 5.91 Å². The Kier molecular flexibility index (Phi) is 4.52. The van der Waals surface area contributed by atoms with Crippen molar-refractivity contribution in [3.8, 4) is 11.5 Å². The normalized spacial score (nSPS) is 10.6. The summed E-state index contributed by atoms with van der Waals surface area (Å²) in [6, 6.07) is 9.49. The van der Waals surface area contributed by atoms with Crippen LogP contribution in [0.1, 0.15) is 16.2 Å². The third kappa shape index (κ3) is 3.57. The van der Waals surface area contributed by atoms with Crippen LogP contribution in [0.4, 0.5) is 8.78 Å². The van der Waals surface area contributed by atoms with E-state index in [2.05, 4.69) is 15.5 Å². The van der Waals surface area contributed by atoms with Crippen molar-refractivity contribution >= 4 is 17.5 Å². The molecule has 0 fully saturated rings. The van der Waals surface area contributed by atoms with Crippen LogP contribution >= 0.6 is 11.6 Å². The molecule has 1 amide bonds. The average Bonchev–Trinajstić information content (AvgIpc) is 3.02. The molecule has 2 aromatic carbocycles. The molecule has 0 spiro atoms. The minimum atomic E-state index is -0.945. The van der Waals surface area contributed by atoms with Gasteiger partial charge in [0.05, 0.1) is 12.1 Å². The Morgan fingerprint density at radius 3 is 2.58 bits per heavy atom. The highest BCUT2D eigenvalue weighted by atomic mass is 35.5. The van der Waals surface area contributed by atoms with Gasteiger partial charge >= 0.3 is 0 Å². The van der Waals surface area contributed by atoms with E-state index in [0.29, 0.717) is 16.7 Å². The minimum Gasteiger partial charge on any atom is -0.419 e. The summed E-state index contributed by atoms with van der Waals surface area (Å²) in [5, 5.41) is 10.7. The third-order valence-corrected chi connectivity index (χ3v) is 3.39. The lowest BCUT2D eigenvalue weighted by Crippen LogP contribution is -2.24. The van der Waals surface area contributed by atoms with Gasteiger partial charge in [-0.2, -0.15) is 0 Å². The molecule has 0 unspecified atom stereocenters. The van der Waals surface area contributed by atoms with E-state index in [-0.39, 0.29) is 23.9 Å². The van der Waals surface area contributed by atoms with E-state index in [9.17, 15) is 13.6 Å². The maximum absolute atomic E-state index is 13.5. The molecular formula is C16H10ClF2N3O2. The van der Waals surface area contributed by atoms with Crippen molar-refractivity contribution in [1.82, 2.24) is 15.5 Å². The van der Waals surface area contributed by atoms with Crippen LogP contribution in [0.3, 0.4) is 0 Å². The van der Waals surface area contributed by atoms with Crippen LogP contribution in [0.2, 0.25) is 5.02 Å². The Hall–Kier alpha value is -2.80. The summed E-state index contributed by atoms with van der Waals surface area (Å²) < 4.78 is 31.8. The summed E-state index contributed by atoms with van der Waals surface area (Å²) in [6.45, 7) is -0.0871. The van der Waals surface area contributed by atoms with Crippen molar-refractivity contribution in [2.75, 3.05) is 0 Å². The van der Waals surface area contributed by atoms with E-state index in [1.807, 2.05) is 0 Å². The second-order valence-corrected chi connectivity index (χ2v) is 5.25. The highest BCUT2D eigenvalue weighted by molar-refractivity contribution is 6.30. The highest BCUT2D eigenvalue weighted by Crippen LogP contribution is 2.20. The van der Waals surface area contributed by atoms with Gasteiger partial charge in [0.1, 0.15) is 11.6 Å². The third-order valence-electron chi connectivity index (χ3n) is 3.13. The predicted molar refractivity (Wildman–Crippen MR) is 82.3 cm³/mol. The van der Waals surface area contributed by atoms with Gasteiger partial charge in [0.15, 0.2) is 0 Å². The number of carbonyl (C=O) groups excluding carboxylic acids is 1. The molecule has 0 saturated heterocycles. The smallest absolute Gasteiger partial charge is 0.254 e. The van der Waals surface area contributed by atoms with E-state index in [1.165, 1.54) is 0 Å². The summed E-state index contributed by atoms with van der Waals surface area (Å²) in [5.74, 6) is -1.99. The van der Waals surface area contributed by atoms with Gasteiger partial charge < -0.3 is 9.73 Å². The number of rotatable bonds is 4. The van der Waals surface area contributed by atoms with Gasteiger partial charge in [-0.1, -0.05) is 11.6 Å². The van der Waals surface area contributed by atoms with Crippen molar-refractivity contribution in [2.45, 2.75) is 6.54 Å². The second kappa shape index (κ2) is 6.76. The van der Waals surface area contributed by atoms with Gasteiger partial charge in [-0.05, 0) is 36.4 Å². The highest BCUT2D eigenvalue weighted by Gasteiger charge is 2.14. The van der Waals surface area contributed by atoms with Crippen molar-refractivity contribution in [3.63, 3.8) is 0 Å². The molecule has 1 N–H and O–H groups in total. The van der Waals surface area contributed by atoms with Crippen LogP contribution in [0.15, 0.2) is 46.9 Å². The van der Waals surface area contributed by atoms with E-state index >= 15 is 0 Å².